The van der Waals surface area contributed by atoms with Crippen LogP contribution in [0.15, 0.2) is 0 Å². The molecule has 4 nitrogen and oxygen atoms in total. The van der Waals surface area contributed by atoms with Gasteiger partial charge >= 0.3 is 0 Å². The van der Waals surface area contributed by atoms with E-state index in [1.807, 2.05) is 0 Å². The maximum atomic E-state index is 5.49. The summed E-state index contributed by atoms with van der Waals surface area (Å²) in [5.74, 6) is 0. The highest BCUT2D eigenvalue weighted by Crippen LogP contribution is 1.98. The van der Waals surface area contributed by atoms with Crippen LogP contribution in [0.25, 0.3) is 0 Å². The normalized spacial score (nSPS) is 13.0. The van der Waals surface area contributed by atoms with Gasteiger partial charge in [-0.1, -0.05) is 6.92 Å². The van der Waals surface area contributed by atoms with Gasteiger partial charge < -0.3 is 19.5 Å². The molecule has 1 N–H and O–H groups in total. The molecule has 0 bridgehead atoms. The number of ether oxygens (including phenoxy) is 3. The van der Waals surface area contributed by atoms with E-state index in [1.165, 1.54) is 0 Å². The van der Waals surface area contributed by atoms with Gasteiger partial charge in [0.1, 0.15) is 0 Å². The number of nitrogens with one attached hydrogen (secondary N) is 1. The van der Waals surface area contributed by atoms with Gasteiger partial charge in [0.05, 0.1) is 19.8 Å². The summed E-state index contributed by atoms with van der Waals surface area (Å²) in [5.41, 5.74) is 0. The molecule has 1 unspecified atom stereocenters. The number of methoxy groups -OCH3 is 2. The van der Waals surface area contributed by atoms with Crippen LogP contribution in [-0.2, 0) is 14.2 Å². The molecule has 0 fully saturated rings. The van der Waals surface area contributed by atoms with Crippen LogP contribution in [0.4, 0.5) is 0 Å². The van der Waals surface area contributed by atoms with Gasteiger partial charge in [-0.2, -0.15) is 0 Å². The van der Waals surface area contributed by atoms with Crippen LogP contribution in [0.2, 0.25) is 0 Å². The third kappa shape index (κ3) is 10.1. The van der Waals surface area contributed by atoms with Crippen LogP contribution in [0.5, 0.6) is 0 Å². The van der Waals surface area contributed by atoms with Crippen LogP contribution in [-0.4, -0.2) is 53.2 Å². The van der Waals surface area contributed by atoms with E-state index < -0.39 is 0 Å². The molecule has 4 heteroatoms. The number of likely N-dealkylation sites (N-methyl/N-ethyl adjacent to an activating group) is 1. The van der Waals surface area contributed by atoms with Crippen molar-refractivity contribution in [3.8, 4) is 0 Å². The first-order chi connectivity index (χ1) is 7.35. The highest BCUT2D eigenvalue weighted by atomic mass is 16.5. The molecule has 15 heavy (non-hydrogen) atoms. The molecule has 92 valence electrons. The van der Waals surface area contributed by atoms with Gasteiger partial charge in [0.2, 0.25) is 0 Å². The van der Waals surface area contributed by atoms with Crippen molar-refractivity contribution in [1.82, 2.24) is 5.32 Å². The zero-order valence-corrected chi connectivity index (χ0v) is 10.3. The number of hydrogen-bond acceptors (Lipinski definition) is 4. The Morgan fingerprint density at radius 3 is 2.40 bits per heavy atom. The Labute approximate surface area is 93.3 Å². The molecule has 0 amide bonds. The minimum absolute atomic E-state index is 0.432. The molecule has 0 radical (unpaired) electrons. The van der Waals surface area contributed by atoms with Crippen molar-refractivity contribution in [1.29, 1.82) is 0 Å². The van der Waals surface area contributed by atoms with E-state index in [4.69, 9.17) is 14.2 Å². The van der Waals surface area contributed by atoms with E-state index >= 15 is 0 Å². The Morgan fingerprint density at radius 1 is 1.07 bits per heavy atom. The molecule has 0 aliphatic rings. The number of rotatable bonds is 11. The van der Waals surface area contributed by atoms with Crippen LogP contribution in [0, 0.1) is 0 Å². The van der Waals surface area contributed by atoms with Gasteiger partial charge in [-0.25, -0.2) is 0 Å². The summed E-state index contributed by atoms with van der Waals surface area (Å²) in [6.45, 7) is 5.99. The molecular weight excluding hydrogens is 194 g/mol. The summed E-state index contributed by atoms with van der Waals surface area (Å²) >= 11 is 0. The van der Waals surface area contributed by atoms with Gasteiger partial charge in [-0.05, 0) is 19.4 Å². The molecule has 0 spiro atoms. The molecule has 1 atom stereocenters. The fourth-order valence-corrected chi connectivity index (χ4v) is 1.37. The van der Waals surface area contributed by atoms with E-state index in [0.29, 0.717) is 19.3 Å². The van der Waals surface area contributed by atoms with Crippen molar-refractivity contribution >= 4 is 0 Å². The predicted molar refractivity (Wildman–Crippen MR) is 61.3 cm³/mol. The topological polar surface area (TPSA) is 39.7 Å². The van der Waals surface area contributed by atoms with Gasteiger partial charge in [0.15, 0.2) is 0 Å². The van der Waals surface area contributed by atoms with E-state index in [0.717, 1.165) is 32.6 Å². The lowest BCUT2D eigenvalue weighted by molar-refractivity contribution is 0.0561. The molecule has 0 saturated carbocycles. The third-order valence-electron chi connectivity index (χ3n) is 2.14. The average molecular weight is 219 g/mol. The zero-order chi connectivity index (χ0) is 11.4. The lowest BCUT2D eigenvalue weighted by atomic mass is 10.2. The Balaban J connectivity index is 3.44. The molecule has 0 aliphatic carbocycles. The second kappa shape index (κ2) is 11.9. The van der Waals surface area contributed by atoms with Crippen molar-refractivity contribution in [3.05, 3.63) is 0 Å². The molecule has 0 heterocycles. The number of hydrogen-bond donors (Lipinski definition) is 1. The average Bonchev–Trinajstić information content (AvgIpc) is 2.24. The fourth-order valence-electron chi connectivity index (χ4n) is 1.37. The second-order valence-corrected chi connectivity index (χ2v) is 3.46. The molecule has 0 aliphatic heterocycles. The van der Waals surface area contributed by atoms with Gasteiger partial charge in [0, 0.05) is 26.9 Å². The van der Waals surface area contributed by atoms with E-state index in [9.17, 15) is 0 Å². The SMILES string of the molecule is CCNC(CCCOC)COCCOC. The monoisotopic (exact) mass is 219 g/mol. The highest BCUT2D eigenvalue weighted by molar-refractivity contribution is 4.64. The Hall–Kier alpha value is -0.160. The summed E-state index contributed by atoms with van der Waals surface area (Å²) in [4.78, 5) is 0. The highest BCUT2D eigenvalue weighted by Gasteiger charge is 2.06. The Morgan fingerprint density at radius 2 is 1.80 bits per heavy atom. The summed E-state index contributed by atoms with van der Waals surface area (Å²) in [6.07, 6.45) is 2.16. The lowest BCUT2D eigenvalue weighted by Gasteiger charge is -2.17. The van der Waals surface area contributed by atoms with Crippen molar-refractivity contribution in [3.63, 3.8) is 0 Å². The molecule has 0 aromatic heterocycles. The summed E-state index contributed by atoms with van der Waals surface area (Å²) < 4.78 is 15.4. The van der Waals surface area contributed by atoms with Crippen molar-refractivity contribution in [2.75, 3.05) is 47.2 Å². The van der Waals surface area contributed by atoms with Crippen LogP contribution >= 0.6 is 0 Å². The lowest BCUT2D eigenvalue weighted by Crippen LogP contribution is -2.34. The molecule has 0 aromatic carbocycles. The first-order valence-corrected chi connectivity index (χ1v) is 5.64. The largest absolute Gasteiger partial charge is 0.385 e. The first-order valence-electron chi connectivity index (χ1n) is 5.64. The minimum atomic E-state index is 0.432. The van der Waals surface area contributed by atoms with E-state index in [2.05, 4.69) is 12.2 Å². The zero-order valence-electron chi connectivity index (χ0n) is 10.3. The van der Waals surface area contributed by atoms with E-state index in [-0.39, 0.29) is 0 Å². The van der Waals surface area contributed by atoms with Crippen molar-refractivity contribution in [2.45, 2.75) is 25.8 Å². The summed E-state index contributed by atoms with van der Waals surface area (Å²) in [6, 6.07) is 0.432. The summed E-state index contributed by atoms with van der Waals surface area (Å²) in [7, 11) is 3.42. The fraction of sp³-hybridized carbons (Fsp3) is 1.00. The predicted octanol–water partition coefficient (Wildman–Crippen LogP) is 1.05. The maximum absolute atomic E-state index is 5.49. The standard InChI is InChI=1S/C11H25NO3/c1-4-12-11(6-5-7-13-2)10-15-9-8-14-3/h11-12H,4-10H2,1-3H3. The quantitative estimate of drug-likeness (QED) is 0.527. The molecule has 0 rings (SSSR count). The van der Waals surface area contributed by atoms with Crippen LogP contribution in [0.3, 0.4) is 0 Å². The first kappa shape index (κ1) is 14.8. The second-order valence-electron chi connectivity index (χ2n) is 3.46. The molecule has 0 saturated heterocycles. The molecule has 0 aromatic rings. The third-order valence-corrected chi connectivity index (χ3v) is 2.14. The smallest absolute Gasteiger partial charge is 0.0701 e. The van der Waals surface area contributed by atoms with E-state index in [1.54, 1.807) is 14.2 Å². The van der Waals surface area contributed by atoms with Gasteiger partial charge in [-0.15, -0.1) is 0 Å². The van der Waals surface area contributed by atoms with Crippen molar-refractivity contribution in [2.24, 2.45) is 0 Å². The Kier molecular flexibility index (Phi) is 11.8. The molecular formula is C11H25NO3. The van der Waals surface area contributed by atoms with Crippen LogP contribution < -0.4 is 5.32 Å². The Bertz CT molecular complexity index is 122. The maximum Gasteiger partial charge on any atom is 0.0701 e. The summed E-state index contributed by atoms with van der Waals surface area (Å²) in [5, 5.41) is 3.40. The van der Waals surface area contributed by atoms with Gasteiger partial charge in [0.25, 0.3) is 0 Å². The van der Waals surface area contributed by atoms with Crippen molar-refractivity contribution < 1.29 is 14.2 Å². The van der Waals surface area contributed by atoms with Gasteiger partial charge in [-0.3, -0.25) is 0 Å². The van der Waals surface area contributed by atoms with Crippen LogP contribution in [0.1, 0.15) is 19.8 Å². The minimum Gasteiger partial charge on any atom is -0.385 e.